The Balaban J connectivity index is 1.90. The van der Waals surface area contributed by atoms with E-state index >= 15 is 0 Å². The summed E-state index contributed by atoms with van der Waals surface area (Å²) in [5.41, 5.74) is 0.989. The molecule has 0 bridgehead atoms. The molecule has 1 saturated heterocycles. The van der Waals surface area contributed by atoms with Gasteiger partial charge >= 0.3 is 12.7 Å². The maximum absolute atomic E-state index is 12.6. The molecule has 2 N–H and O–H groups in total. The molecule has 0 saturated carbocycles. The molecular weight excluding hydrogens is 442 g/mol. The number of nitrogens with two attached hydrogens (primary N) is 1. The Morgan fingerprint density at radius 2 is 1.62 bits per heavy atom. The maximum Gasteiger partial charge on any atom is 0.573 e. The van der Waals surface area contributed by atoms with Gasteiger partial charge in [0.2, 0.25) is 0 Å². The van der Waals surface area contributed by atoms with Crippen molar-refractivity contribution in [2.24, 2.45) is 11.8 Å². The number of alkyl halides is 6. The SMILES string of the molecule is COc1ccc(OC(F)(F)F)cc1CC1CCCN(N)C1c1cccc(OC(F)(F)F)c1. The predicted octanol–water partition coefficient (Wildman–Crippen LogP) is 5.36. The van der Waals surface area contributed by atoms with Crippen molar-refractivity contribution in [3.63, 3.8) is 0 Å². The summed E-state index contributed by atoms with van der Waals surface area (Å²) in [5.74, 6) is 5.60. The van der Waals surface area contributed by atoms with Crippen molar-refractivity contribution in [2.75, 3.05) is 13.7 Å². The first kappa shape index (κ1) is 24.0. The Morgan fingerprint density at radius 3 is 2.25 bits per heavy atom. The van der Waals surface area contributed by atoms with Gasteiger partial charge in [0, 0.05) is 6.54 Å². The van der Waals surface area contributed by atoms with E-state index in [1.807, 2.05) is 0 Å². The third-order valence-electron chi connectivity index (χ3n) is 5.20. The van der Waals surface area contributed by atoms with Crippen LogP contribution in [0.25, 0.3) is 0 Å². The van der Waals surface area contributed by atoms with Gasteiger partial charge in [0.05, 0.1) is 13.2 Å². The number of nitrogens with zero attached hydrogens (tertiary/aromatic N) is 1. The van der Waals surface area contributed by atoms with E-state index in [1.54, 1.807) is 6.07 Å². The van der Waals surface area contributed by atoms with E-state index in [9.17, 15) is 26.3 Å². The minimum absolute atomic E-state index is 0.204. The second-order valence-corrected chi connectivity index (χ2v) is 7.43. The summed E-state index contributed by atoms with van der Waals surface area (Å²) in [6.07, 6.45) is -8.01. The molecule has 2 atom stereocenters. The molecular formula is C21H22F6N2O3. The van der Waals surface area contributed by atoms with Crippen LogP contribution in [-0.4, -0.2) is 31.4 Å². The highest BCUT2D eigenvalue weighted by molar-refractivity contribution is 5.41. The van der Waals surface area contributed by atoms with Gasteiger partial charge < -0.3 is 14.2 Å². The number of rotatable bonds is 6. The molecule has 1 fully saturated rings. The number of hydrazine groups is 1. The number of halogens is 6. The van der Waals surface area contributed by atoms with Gasteiger partial charge in [-0.2, -0.15) is 0 Å². The lowest BCUT2D eigenvalue weighted by Crippen LogP contribution is -2.44. The summed E-state index contributed by atoms with van der Waals surface area (Å²) in [4.78, 5) is 0. The first-order valence-electron chi connectivity index (χ1n) is 9.75. The molecule has 1 aliphatic heterocycles. The second-order valence-electron chi connectivity index (χ2n) is 7.43. The first-order chi connectivity index (χ1) is 14.9. The van der Waals surface area contributed by atoms with Crippen LogP contribution < -0.4 is 20.1 Å². The van der Waals surface area contributed by atoms with Crippen molar-refractivity contribution in [1.82, 2.24) is 5.01 Å². The highest BCUT2D eigenvalue weighted by Crippen LogP contribution is 2.40. The zero-order valence-corrected chi connectivity index (χ0v) is 17.0. The fourth-order valence-corrected chi connectivity index (χ4v) is 4.07. The van der Waals surface area contributed by atoms with Gasteiger partial charge in [-0.15, -0.1) is 26.3 Å². The largest absolute Gasteiger partial charge is 0.573 e. The van der Waals surface area contributed by atoms with Crippen LogP contribution in [0.1, 0.15) is 30.0 Å². The van der Waals surface area contributed by atoms with E-state index in [2.05, 4.69) is 9.47 Å². The normalized spacial score (nSPS) is 20.1. The molecule has 1 aliphatic rings. The summed E-state index contributed by atoms with van der Waals surface area (Å²) in [6, 6.07) is 8.86. The molecule has 3 rings (SSSR count). The lowest BCUT2D eigenvalue weighted by molar-refractivity contribution is -0.275. The van der Waals surface area contributed by atoms with Crippen molar-refractivity contribution in [3.8, 4) is 17.2 Å². The molecule has 0 radical (unpaired) electrons. The third-order valence-corrected chi connectivity index (χ3v) is 5.20. The lowest BCUT2D eigenvalue weighted by atomic mass is 9.81. The molecule has 176 valence electrons. The minimum atomic E-state index is -4.84. The Labute approximate surface area is 180 Å². The van der Waals surface area contributed by atoms with Gasteiger partial charge in [0.25, 0.3) is 0 Å². The minimum Gasteiger partial charge on any atom is -0.496 e. The number of hydrogen-bond donors (Lipinski definition) is 1. The Bertz CT molecular complexity index is 919. The van der Waals surface area contributed by atoms with Crippen LogP contribution in [0.15, 0.2) is 42.5 Å². The van der Waals surface area contributed by atoms with Gasteiger partial charge in [-0.05, 0) is 66.6 Å². The van der Waals surface area contributed by atoms with Gasteiger partial charge in [0.15, 0.2) is 0 Å². The van der Waals surface area contributed by atoms with Crippen LogP contribution in [-0.2, 0) is 6.42 Å². The van der Waals surface area contributed by atoms with Gasteiger partial charge in [-0.1, -0.05) is 12.1 Å². The van der Waals surface area contributed by atoms with E-state index in [1.165, 1.54) is 42.5 Å². The van der Waals surface area contributed by atoms with Crippen molar-refractivity contribution < 1.29 is 40.6 Å². The maximum atomic E-state index is 12.6. The van der Waals surface area contributed by atoms with Gasteiger partial charge in [-0.25, -0.2) is 5.01 Å². The fourth-order valence-electron chi connectivity index (χ4n) is 4.07. The highest BCUT2D eigenvalue weighted by atomic mass is 19.4. The van der Waals surface area contributed by atoms with Crippen LogP contribution in [0.4, 0.5) is 26.3 Å². The molecule has 0 spiro atoms. The molecule has 1 heterocycles. The van der Waals surface area contributed by atoms with Gasteiger partial charge in [0.1, 0.15) is 17.2 Å². The van der Waals surface area contributed by atoms with E-state index in [0.717, 1.165) is 12.5 Å². The number of benzene rings is 2. The molecule has 0 amide bonds. The van der Waals surface area contributed by atoms with Crippen molar-refractivity contribution in [2.45, 2.75) is 38.0 Å². The zero-order valence-electron chi connectivity index (χ0n) is 17.0. The van der Waals surface area contributed by atoms with Crippen LogP contribution in [0.5, 0.6) is 17.2 Å². The van der Waals surface area contributed by atoms with Crippen molar-refractivity contribution in [3.05, 3.63) is 53.6 Å². The predicted molar refractivity (Wildman–Crippen MR) is 103 cm³/mol. The summed E-state index contributed by atoms with van der Waals surface area (Å²) >= 11 is 0. The van der Waals surface area contributed by atoms with Crippen LogP contribution >= 0.6 is 0 Å². The van der Waals surface area contributed by atoms with Crippen LogP contribution in [0, 0.1) is 5.92 Å². The van der Waals surface area contributed by atoms with Crippen LogP contribution in [0.2, 0.25) is 0 Å². The van der Waals surface area contributed by atoms with Crippen molar-refractivity contribution in [1.29, 1.82) is 0 Å². The number of hydrogen-bond acceptors (Lipinski definition) is 5. The summed E-state index contributed by atoms with van der Waals surface area (Å²) in [5, 5.41) is 1.53. The number of piperidine rings is 1. The molecule has 0 aromatic heterocycles. The van der Waals surface area contributed by atoms with E-state index in [4.69, 9.17) is 10.6 Å². The fraction of sp³-hybridized carbons (Fsp3) is 0.429. The second kappa shape index (κ2) is 9.45. The zero-order chi connectivity index (χ0) is 23.5. The van der Waals surface area contributed by atoms with E-state index in [-0.39, 0.29) is 23.8 Å². The Hall–Kier alpha value is -2.66. The first-order valence-corrected chi connectivity index (χ1v) is 9.75. The number of methoxy groups -OCH3 is 1. The quantitative estimate of drug-likeness (QED) is 0.461. The molecule has 5 nitrogen and oxygen atoms in total. The Morgan fingerprint density at radius 1 is 0.969 bits per heavy atom. The molecule has 2 aromatic rings. The number of ether oxygens (including phenoxy) is 3. The average Bonchev–Trinajstić information content (AvgIpc) is 2.66. The van der Waals surface area contributed by atoms with E-state index < -0.39 is 18.8 Å². The molecule has 0 aliphatic carbocycles. The summed E-state index contributed by atoms with van der Waals surface area (Å²) < 4.78 is 89.1. The standard InChI is InChI=1S/C21H22F6N2O3/c1-30-18-8-7-17(32-21(25,26)27)12-15(18)10-13-5-3-9-29(28)19(13)14-4-2-6-16(11-14)31-20(22,23)24/h2,4,6-8,11-13,19H,3,5,9-10,28H2,1H3. The summed E-state index contributed by atoms with van der Waals surface area (Å²) in [6.45, 7) is 0.514. The topological polar surface area (TPSA) is 57.0 Å². The highest BCUT2D eigenvalue weighted by Gasteiger charge is 2.35. The molecule has 11 heteroatoms. The monoisotopic (exact) mass is 464 g/mol. The van der Waals surface area contributed by atoms with Gasteiger partial charge in [-0.3, -0.25) is 5.84 Å². The van der Waals surface area contributed by atoms with Crippen LogP contribution in [0.3, 0.4) is 0 Å². The third kappa shape index (κ3) is 6.42. The smallest absolute Gasteiger partial charge is 0.496 e. The summed E-state index contributed by atoms with van der Waals surface area (Å²) in [7, 11) is 1.40. The lowest BCUT2D eigenvalue weighted by Gasteiger charge is -2.39. The Kier molecular flexibility index (Phi) is 7.09. The van der Waals surface area contributed by atoms with Crippen molar-refractivity contribution >= 4 is 0 Å². The molecule has 2 unspecified atom stereocenters. The average molecular weight is 464 g/mol. The molecule has 32 heavy (non-hydrogen) atoms. The molecule has 2 aromatic carbocycles. The van der Waals surface area contributed by atoms with E-state index in [0.29, 0.717) is 29.8 Å².